The Hall–Kier alpha value is -2.57. The molecule has 0 heterocycles. The van der Waals surface area contributed by atoms with Gasteiger partial charge in [0.1, 0.15) is 5.75 Å². The van der Waals surface area contributed by atoms with Crippen molar-refractivity contribution in [3.05, 3.63) is 29.8 Å². The Morgan fingerprint density at radius 1 is 1.00 bits per heavy atom. The molecule has 1 aromatic rings. The molecule has 0 saturated carbocycles. The zero-order valence-corrected chi connectivity index (χ0v) is 14.2. The summed E-state index contributed by atoms with van der Waals surface area (Å²) in [5, 5.41) is 7.99. The minimum Gasteiger partial charge on any atom is -0.494 e. The zero-order chi connectivity index (χ0) is 17.8. The summed E-state index contributed by atoms with van der Waals surface area (Å²) in [6.07, 6.45) is 0.238. The summed E-state index contributed by atoms with van der Waals surface area (Å²) in [6.45, 7) is 5.04. The number of rotatable bonds is 10. The van der Waals surface area contributed by atoms with Gasteiger partial charge < -0.3 is 20.7 Å². The molecule has 0 fully saturated rings. The Balaban J connectivity index is 2.20. The maximum atomic E-state index is 11.8. The molecule has 1 aromatic carbocycles. The van der Waals surface area contributed by atoms with Crippen LogP contribution in [0.2, 0.25) is 0 Å². The van der Waals surface area contributed by atoms with E-state index in [4.69, 9.17) is 4.74 Å². The van der Waals surface area contributed by atoms with E-state index in [0.29, 0.717) is 26.2 Å². The predicted octanol–water partition coefficient (Wildman–Crippen LogP) is 0.734. The summed E-state index contributed by atoms with van der Waals surface area (Å²) in [4.78, 5) is 34.0. The topological polar surface area (TPSA) is 96.5 Å². The van der Waals surface area contributed by atoms with Crippen LogP contribution in [0.25, 0.3) is 0 Å². The van der Waals surface area contributed by atoms with Crippen molar-refractivity contribution in [3.8, 4) is 5.75 Å². The number of benzene rings is 1. The van der Waals surface area contributed by atoms with Crippen LogP contribution >= 0.6 is 0 Å². The zero-order valence-electron chi connectivity index (χ0n) is 14.2. The van der Waals surface area contributed by atoms with Gasteiger partial charge in [-0.25, -0.2) is 0 Å². The molecule has 24 heavy (non-hydrogen) atoms. The summed E-state index contributed by atoms with van der Waals surface area (Å²) < 4.78 is 5.40. The van der Waals surface area contributed by atoms with Crippen LogP contribution in [0.5, 0.6) is 5.75 Å². The molecule has 0 saturated heterocycles. The van der Waals surface area contributed by atoms with Gasteiger partial charge in [0.05, 0.1) is 6.61 Å². The molecule has 3 N–H and O–H groups in total. The van der Waals surface area contributed by atoms with Crippen LogP contribution in [0.1, 0.15) is 32.3 Å². The molecule has 1 rings (SSSR count). The van der Waals surface area contributed by atoms with Crippen LogP contribution in [0, 0.1) is 0 Å². The molecular formula is C17H25N3O4. The van der Waals surface area contributed by atoms with Crippen molar-refractivity contribution in [2.24, 2.45) is 0 Å². The number of hydrogen-bond acceptors (Lipinski definition) is 4. The van der Waals surface area contributed by atoms with Gasteiger partial charge in [0, 0.05) is 39.4 Å². The maximum Gasteiger partial charge on any atom is 0.220 e. The van der Waals surface area contributed by atoms with Gasteiger partial charge in [0.25, 0.3) is 0 Å². The van der Waals surface area contributed by atoms with E-state index in [1.54, 1.807) is 0 Å². The lowest BCUT2D eigenvalue weighted by Crippen LogP contribution is -2.34. The second kappa shape index (κ2) is 11.0. The van der Waals surface area contributed by atoms with Crippen molar-refractivity contribution in [3.63, 3.8) is 0 Å². The second-order valence-corrected chi connectivity index (χ2v) is 5.19. The minimum absolute atomic E-state index is 0.116. The fraction of sp³-hybridized carbons (Fsp3) is 0.471. The first-order valence-electron chi connectivity index (χ1n) is 8.00. The first kappa shape index (κ1) is 19.5. The van der Waals surface area contributed by atoms with E-state index in [1.165, 1.54) is 6.92 Å². The van der Waals surface area contributed by atoms with Gasteiger partial charge in [0.2, 0.25) is 17.7 Å². The molecule has 0 spiro atoms. The first-order valence-corrected chi connectivity index (χ1v) is 8.00. The van der Waals surface area contributed by atoms with Gasteiger partial charge in [-0.3, -0.25) is 14.4 Å². The Bertz CT molecular complexity index is 561. The molecule has 0 bridgehead atoms. The average Bonchev–Trinajstić information content (AvgIpc) is 2.55. The number of amides is 3. The summed E-state index contributed by atoms with van der Waals surface area (Å²) in [5.74, 6) is 0.225. The molecule has 0 radical (unpaired) electrons. The molecular weight excluding hydrogens is 310 g/mol. The van der Waals surface area contributed by atoms with E-state index >= 15 is 0 Å². The van der Waals surface area contributed by atoms with Crippen molar-refractivity contribution >= 4 is 17.7 Å². The summed E-state index contributed by atoms with van der Waals surface area (Å²) in [6, 6.07) is 7.51. The summed E-state index contributed by atoms with van der Waals surface area (Å²) in [5.41, 5.74) is 0.939. The fourth-order valence-electron chi connectivity index (χ4n) is 1.96. The highest BCUT2D eigenvalue weighted by molar-refractivity contribution is 5.83. The van der Waals surface area contributed by atoms with Gasteiger partial charge >= 0.3 is 0 Å². The SMILES string of the molecule is CCOc1cccc(CNC(=O)CCC(=O)NCCNC(C)=O)c1. The minimum atomic E-state index is -0.214. The largest absolute Gasteiger partial charge is 0.494 e. The molecule has 0 aliphatic carbocycles. The van der Waals surface area contributed by atoms with E-state index in [9.17, 15) is 14.4 Å². The molecule has 132 valence electrons. The van der Waals surface area contributed by atoms with Gasteiger partial charge in [-0.05, 0) is 24.6 Å². The molecule has 7 nitrogen and oxygen atoms in total. The summed E-state index contributed by atoms with van der Waals surface area (Å²) >= 11 is 0. The smallest absolute Gasteiger partial charge is 0.220 e. The van der Waals surface area contributed by atoms with E-state index < -0.39 is 0 Å². The van der Waals surface area contributed by atoms with Crippen molar-refractivity contribution < 1.29 is 19.1 Å². The lowest BCUT2D eigenvalue weighted by Gasteiger charge is -2.08. The Labute approximate surface area is 142 Å². The second-order valence-electron chi connectivity index (χ2n) is 5.19. The van der Waals surface area contributed by atoms with E-state index in [-0.39, 0.29) is 30.6 Å². The van der Waals surface area contributed by atoms with Gasteiger partial charge in [0.15, 0.2) is 0 Å². The van der Waals surface area contributed by atoms with Gasteiger partial charge in [-0.2, -0.15) is 0 Å². The number of ether oxygens (including phenoxy) is 1. The molecule has 0 aromatic heterocycles. The third-order valence-electron chi connectivity index (χ3n) is 3.10. The molecule has 0 unspecified atom stereocenters. The van der Waals surface area contributed by atoms with E-state index in [2.05, 4.69) is 16.0 Å². The van der Waals surface area contributed by atoms with E-state index in [1.807, 2.05) is 31.2 Å². The highest BCUT2D eigenvalue weighted by Gasteiger charge is 2.07. The van der Waals surface area contributed by atoms with Crippen LogP contribution in [0.15, 0.2) is 24.3 Å². The molecule has 0 aliphatic heterocycles. The fourth-order valence-corrected chi connectivity index (χ4v) is 1.96. The summed E-state index contributed by atoms with van der Waals surface area (Å²) in [7, 11) is 0. The number of hydrogen-bond donors (Lipinski definition) is 3. The molecule has 3 amide bonds. The number of carbonyl (C=O) groups excluding carboxylic acids is 3. The lowest BCUT2D eigenvalue weighted by atomic mass is 10.2. The normalized spacial score (nSPS) is 9.92. The lowest BCUT2D eigenvalue weighted by molar-refractivity contribution is -0.126. The quantitative estimate of drug-likeness (QED) is 0.549. The predicted molar refractivity (Wildman–Crippen MR) is 90.4 cm³/mol. The van der Waals surface area contributed by atoms with Crippen LogP contribution in [0.4, 0.5) is 0 Å². The number of carbonyl (C=O) groups is 3. The molecule has 7 heteroatoms. The first-order chi connectivity index (χ1) is 11.5. The number of nitrogens with one attached hydrogen (secondary N) is 3. The highest BCUT2D eigenvalue weighted by Crippen LogP contribution is 2.13. The van der Waals surface area contributed by atoms with Crippen LogP contribution in [-0.2, 0) is 20.9 Å². The van der Waals surface area contributed by atoms with Crippen LogP contribution in [0.3, 0.4) is 0 Å². The third kappa shape index (κ3) is 8.77. The Morgan fingerprint density at radius 2 is 1.67 bits per heavy atom. The van der Waals surface area contributed by atoms with Crippen molar-refractivity contribution in [1.29, 1.82) is 0 Å². The maximum absolute atomic E-state index is 11.8. The van der Waals surface area contributed by atoms with Gasteiger partial charge in [-0.15, -0.1) is 0 Å². The van der Waals surface area contributed by atoms with Crippen molar-refractivity contribution in [2.45, 2.75) is 33.2 Å². The van der Waals surface area contributed by atoms with Crippen LogP contribution < -0.4 is 20.7 Å². The Kier molecular flexibility index (Phi) is 8.96. The molecule has 0 aliphatic rings. The Morgan fingerprint density at radius 3 is 2.33 bits per heavy atom. The van der Waals surface area contributed by atoms with Crippen molar-refractivity contribution in [2.75, 3.05) is 19.7 Å². The van der Waals surface area contributed by atoms with E-state index in [0.717, 1.165) is 11.3 Å². The van der Waals surface area contributed by atoms with Crippen LogP contribution in [-0.4, -0.2) is 37.4 Å². The third-order valence-corrected chi connectivity index (χ3v) is 3.10. The highest BCUT2D eigenvalue weighted by atomic mass is 16.5. The average molecular weight is 335 g/mol. The van der Waals surface area contributed by atoms with Gasteiger partial charge in [-0.1, -0.05) is 12.1 Å². The van der Waals surface area contributed by atoms with Crippen molar-refractivity contribution in [1.82, 2.24) is 16.0 Å². The molecule has 0 atom stereocenters. The standard InChI is InChI=1S/C17H25N3O4/c1-3-24-15-6-4-5-14(11-15)12-20-17(23)8-7-16(22)19-10-9-18-13(2)21/h4-6,11H,3,7-10,12H2,1-2H3,(H,18,21)(H,19,22)(H,20,23). The monoisotopic (exact) mass is 335 g/mol.